The van der Waals surface area contributed by atoms with Crippen molar-refractivity contribution in [2.24, 2.45) is 5.92 Å². The highest BCUT2D eigenvalue weighted by molar-refractivity contribution is 5.92. The van der Waals surface area contributed by atoms with Gasteiger partial charge in [-0.05, 0) is 51.4 Å². The number of carbonyl (C=O) groups excluding carboxylic acids is 1. The van der Waals surface area contributed by atoms with Crippen molar-refractivity contribution in [2.45, 2.75) is 45.6 Å². The third kappa shape index (κ3) is 4.38. The Morgan fingerprint density at radius 1 is 1.32 bits per heavy atom. The van der Waals surface area contributed by atoms with Crippen LogP contribution in [0.2, 0.25) is 0 Å². The topological polar surface area (TPSA) is 59.4 Å². The van der Waals surface area contributed by atoms with E-state index in [1.165, 1.54) is 25.9 Å². The van der Waals surface area contributed by atoms with Crippen molar-refractivity contribution in [1.82, 2.24) is 14.5 Å². The van der Waals surface area contributed by atoms with Gasteiger partial charge in [0.25, 0.3) is 0 Å². The van der Waals surface area contributed by atoms with Gasteiger partial charge in [-0.3, -0.25) is 9.69 Å². The van der Waals surface area contributed by atoms with Crippen LogP contribution in [0.5, 0.6) is 5.75 Å². The van der Waals surface area contributed by atoms with Crippen molar-refractivity contribution >= 4 is 11.6 Å². The van der Waals surface area contributed by atoms with Crippen molar-refractivity contribution in [3.63, 3.8) is 0 Å². The summed E-state index contributed by atoms with van der Waals surface area (Å²) in [6.07, 6.45) is 5.46. The molecular formula is C22H30N4O2. The average molecular weight is 383 g/mol. The van der Waals surface area contributed by atoms with Crippen molar-refractivity contribution in [3.05, 3.63) is 42.0 Å². The largest absolute Gasteiger partial charge is 0.492 e. The standard InChI is InChI=1S/C22H30N4O2/c1-16-12-18(15-26-14-17(2)23-21(16)26)22(27)24-19-6-5-7-20(13-19)28-11-10-25-8-3-4-9-25/h5-7,13-14,16,18H,3-4,8-12,15H2,1-2H3,(H,24,27)/t16-,18+/m1/s1. The lowest BCUT2D eigenvalue weighted by Gasteiger charge is -2.27. The van der Waals surface area contributed by atoms with Gasteiger partial charge in [-0.15, -0.1) is 0 Å². The summed E-state index contributed by atoms with van der Waals surface area (Å²) < 4.78 is 8.03. The molecule has 150 valence electrons. The number of fused-ring (bicyclic) bond motifs is 1. The van der Waals surface area contributed by atoms with Gasteiger partial charge in [-0.1, -0.05) is 13.0 Å². The van der Waals surface area contributed by atoms with Crippen LogP contribution in [-0.2, 0) is 11.3 Å². The van der Waals surface area contributed by atoms with E-state index < -0.39 is 0 Å². The number of imidazole rings is 1. The number of hydrogen-bond acceptors (Lipinski definition) is 4. The number of amides is 1. The molecule has 1 aromatic heterocycles. The number of likely N-dealkylation sites (tertiary alicyclic amines) is 1. The van der Waals surface area contributed by atoms with Crippen molar-refractivity contribution in [3.8, 4) is 5.75 Å². The van der Waals surface area contributed by atoms with Gasteiger partial charge in [0.05, 0.1) is 11.6 Å². The maximum atomic E-state index is 12.8. The Bertz CT molecular complexity index is 826. The number of nitrogens with zero attached hydrogens (tertiary/aromatic N) is 3. The van der Waals surface area contributed by atoms with E-state index in [1.54, 1.807) is 0 Å². The minimum Gasteiger partial charge on any atom is -0.492 e. The first kappa shape index (κ1) is 19.0. The summed E-state index contributed by atoms with van der Waals surface area (Å²) in [4.78, 5) is 19.9. The van der Waals surface area contributed by atoms with E-state index in [1.807, 2.05) is 37.4 Å². The predicted octanol–water partition coefficient (Wildman–Crippen LogP) is 3.43. The zero-order valence-corrected chi connectivity index (χ0v) is 16.9. The first-order valence-electron chi connectivity index (χ1n) is 10.4. The third-order valence-electron chi connectivity index (χ3n) is 5.77. The van der Waals surface area contributed by atoms with Crippen molar-refractivity contribution < 1.29 is 9.53 Å². The number of carbonyl (C=O) groups is 1. The van der Waals surface area contributed by atoms with Crippen LogP contribution >= 0.6 is 0 Å². The minimum absolute atomic E-state index is 0.0455. The minimum atomic E-state index is -0.0455. The SMILES string of the molecule is Cc1cn2c(n1)[C@H](C)C[C@H](C(=O)Nc1cccc(OCCN3CCCC3)c1)C2. The molecule has 1 saturated heterocycles. The summed E-state index contributed by atoms with van der Waals surface area (Å²) in [5.74, 6) is 2.21. The van der Waals surface area contributed by atoms with E-state index in [9.17, 15) is 4.79 Å². The van der Waals surface area contributed by atoms with Crippen LogP contribution in [0.25, 0.3) is 0 Å². The Morgan fingerprint density at radius 3 is 2.96 bits per heavy atom. The zero-order chi connectivity index (χ0) is 19.5. The van der Waals surface area contributed by atoms with Gasteiger partial charge in [0.2, 0.25) is 5.91 Å². The van der Waals surface area contributed by atoms with Gasteiger partial charge >= 0.3 is 0 Å². The molecule has 4 rings (SSSR count). The molecular weight excluding hydrogens is 352 g/mol. The van der Waals surface area contributed by atoms with Crippen LogP contribution in [-0.4, -0.2) is 46.6 Å². The Hall–Kier alpha value is -2.34. The fourth-order valence-corrected chi connectivity index (χ4v) is 4.35. The summed E-state index contributed by atoms with van der Waals surface area (Å²) in [7, 11) is 0. The summed E-state index contributed by atoms with van der Waals surface area (Å²) >= 11 is 0. The molecule has 2 atom stereocenters. The van der Waals surface area contributed by atoms with Gasteiger partial charge < -0.3 is 14.6 Å². The van der Waals surface area contributed by atoms with E-state index in [4.69, 9.17) is 4.74 Å². The Balaban J connectivity index is 1.33. The molecule has 0 aliphatic carbocycles. The number of rotatable bonds is 6. The van der Waals surface area contributed by atoms with Crippen LogP contribution in [0.4, 0.5) is 5.69 Å². The number of anilines is 1. The first-order valence-corrected chi connectivity index (χ1v) is 10.4. The average Bonchev–Trinajstić information content (AvgIpc) is 3.31. The van der Waals surface area contributed by atoms with Crippen molar-refractivity contribution in [1.29, 1.82) is 0 Å². The number of benzene rings is 1. The highest BCUT2D eigenvalue weighted by Gasteiger charge is 2.30. The molecule has 0 saturated carbocycles. The molecule has 1 amide bonds. The van der Waals surface area contributed by atoms with Crippen LogP contribution in [0.3, 0.4) is 0 Å². The smallest absolute Gasteiger partial charge is 0.229 e. The molecule has 6 nitrogen and oxygen atoms in total. The van der Waals surface area contributed by atoms with Crippen molar-refractivity contribution in [2.75, 3.05) is 31.6 Å². The van der Waals surface area contributed by atoms with E-state index in [0.29, 0.717) is 19.1 Å². The quantitative estimate of drug-likeness (QED) is 0.832. The summed E-state index contributed by atoms with van der Waals surface area (Å²) in [5, 5.41) is 3.08. The first-order chi connectivity index (χ1) is 13.6. The second-order valence-corrected chi connectivity index (χ2v) is 8.14. The molecule has 1 fully saturated rings. The molecule has 2 aromatic rings. The molecule has 6 heteroatoms. The molecule has 28 heavy (non-hydrogen) atoms. The Labute approximate surface area is 166 Å². The van der Waals surface area contributed by atoms with E-state index in [-0.39, 0.29) is 11.8 Å². The van der Waals surface area contributed by atoms with Gasteiger partial charge in [-0.25, -0.2) is 4.98 Å². The monoisotopic (exact) mass is 382 g/mol. The number of ether oxygens (including phenoxy) is 1. The summed E-state index contributed by atoms with van der Waals surface area (Å²) in [6.45, 7) is 8.84. The molecule has 0 spiro atoms. The highest BCUT2D eigenvalue weighted by atomic mass is 16.5. The fraction of sp³-hybridized carbons (Fsp3) is 0.545. The molecule has 1 N–H and O–H groups in total. The van der Waals surface area contributed by atoms with Crippen LogP contribution < -0.4 is 10.1 Å². The van der Waals surface area contributed by atoms with E-state index in [0.717, 1.165) is 35.9 Å². The molecule has 3 heterocycles. The number of aromatic nitrogens is 2. The van der Waals surface area contributed by atoms with Crippen LogP contribution in [0.1, 0.15) is 43.6 Å². The second kappa shape index (κ2) is 8.35. The maximum absolute atomic E-state index is 12.8. The van der Waals surface area contributed by atoms with Gasteiger partial charge in [0.15, 0.2) is 0 Å². The van der Waals surface area contributed by atoms with Gasteiger partial charge in [0.1, 0.15) is 18.2 Å². The molecule has 2 aliphatic rings. The predicted molar refractivity (Wildman–Crippen MR) is 110 cm³/mol. The molecule has 2 aliphatic heterocycles. The second-order valence-electron chi connectivity index (χ2n) is 8.14. The Kier molecular flexibility index (Phi) is 5.67. The lowest BCUT2D eigenvalue weighted by Crippen LogP contribution is -2.32. The van der Waals surface area contributed by atoms with E-state index >= 15 is 0 Å². The van der Waals surface area contributed by atoms with Gasteiger partial charge in [-0.2, -0.15) is 0 Å². The lowest BCUT2D eigenvalue weighted by atomic mass is 9.91. The highest BCUT2D eigenvalue weighted by Crippen LogP contribution is 2.31. The van der Waals surface area contributed by atoms with Gasteiger partial charge in [0, 0.05) is 37.0 Å². The summed E-state index contributed by atoms with van der Waals surface area (Å²) in [6, 6.07) is 7.72. The number of hydrogen-bond donors (Lipinski definition) is 1. The third-order valence-corrected chi connectivity index (χ3v) is 5.77. The lowest BCUT2D eigenvalue weighted by molar-refractivity contribution is -0.121. The zero-order valence-electron chi connectivity index (χ0n) is 16.9. The molecule has 1 aromatic carbocycles. The number of nitrogens with one attached hydrogen (secondary N) is 1. The fourth-order valence-electron chi connectivity index (χ4n) is 4.35. The van der Waals surface area contributed by atoms with E-state index in [2.05, 4.69) is 26.7 Å². The number of aryl methyl sites for hydroxylation is 1. The normalized spacial score (nSPS) is 22.1. The Morgan fingerprint density at radius 2 is 2.14 bits per heavy atom. The maximum Gasteiger partial charge on any atom is 0.229 e. The molecule has 0 unspecified atom stereocenters. The summed E-state index contributed by atoms with van der Waals surface area (Å²) in [5.41, 5.74) is 1.81. The van der Waals surface area contributed by atoms with Crippen LogP contribution in [0.15, 0.2) is 30.5 Å². The van der Waals surface area contributed by atoms with Crippen LogP contribution in [0, 0.1) is 12.8 Å². The molecule has 0 bridgehead atoms. The molecule has 0 radical (unpaired) electrons.